The Balaban J connectivity index is 1.56. The van der Waals surface area contributed by atoms with Crippen molar-refractivity contribution in [2.75, 3.05) is 26.2 Å². The summed E-state index contributed by atoms with van der Waals surface area (Å²) in [6.07, 6.45) is 5.32. The molecule has 0 aromatic heterocycles. The van der Waals surface area contributed by atoms with Crippen LogP contribution in [0.2, 0.25) is 0 Å². The predicted molar refractivity (Wildman–Crippen MR) is 69.6 cm³/mol. The Labute approximate surface area is 113 Å². The van der Waals surface area contributed by atoms with Gasteiger partial charge >= 0.3 is 5.97 Å². The number of nitrogens with zero attached hydrogens (tertiary/aromatic N) is 2. The number of carboxylic acid groups (broad SMARTS) is 1. The quantitative estimate of drug-likeness (QED) is 0.820. The Bertz CT molecular complexity index is 379. The Morgan fingerprint density at radius 1 is 1.00 bits per heavy atom. The van der Waals surface area contributed by atoms with E-state index in [2.05, 4.69) is 4.90 Å². The maximum Gasteiger partial charge on any atom is 0.307 e. The number of amides is 1. The third-order valence-electron chi connectivity index (χ3n) is 4.79. The van der Waals surface area contributed by atoms with Gasteiger partial charge in [0.25, 0.3) is 0 Å². The highest BCUT2D eigenvalue weighted by Crippen LogP contribution is 2.40. The molecule has 0 bridgehead atoms. The molecule has 0 aromatic carbocycles. The molecule has 0 spiro atoms. The molecular formula is C14H22N2O3. The summed E-state index contributed by atoms with van der Waals surface area (Å²) in [5, 5.41) is 8.92. The fraction of sp³-hybridized carbons (Fsp3) is 0.857. The Morgan fingerprint density at radius 2 is 1.74 bits per heavy atom. The molecule has 3 aliphatic rings. The fourth-order valence-corrected chi connectivity index (χ4v) is 3.54. The molecule has 2 saturated heterocycles. The van der Waals surface area contributed by atoms with Gasteiger partial charge in [0.1, 0.15) is 0 Å². The van der Waals surface area contributed by atoms with E-state index in [0.717, 1.165) is 32.6 Å². The summed E-state index contributed by atoms with van der Waals surface area (Å²) in [7, 11) is 0. The van der Waals surface area contributed by atoms with Crippen molar-refractivity contribution in [1.29, 1.82) is 0 Å². The zero-order chi connectivity index (χ0) is 13.4. The third-order valence-corrected chi connectivity index (χ3v) is 4.79. The molecule has 1 N–H and O–H groups in total. The number of aliphatic carboxylic acids is 1. The lowest BCUT2D eigenvalue weighted by Gasteiger charge is -2.37. The summed E-state index contributed by atoms with van der Waals surface area (Å²) < 4.78 is 0. The molecule has 5 nitrogen and oxygen atoms in total. The number of likely N-dealkylation sites (tertiary alicyclic amines) is 2. The average Bonchev–Trinajstić information content (AvgIpc) is 3.04. The van der Waals surface area contributed by atoms with Crippen molar-refractivity contribution in [2.45, 2.75) is 38.1 Å². The van der Waals surface area contributed by atoms with Crippen LogP contribution < -0.4 is 0 Å². The first-order valence-electron chi connectivity index (χ1n) is 7.42. The van der Waals surface area contributed by atoms with Crippen LogP contribution in [-0.4, -0.2) is 59.0 Å². The van der Waals surface area contributed by atoms with Crippen molar-refractivity contribution in [3.8, 4) is 0 Å². The summed E-state index contributed by atoms with van der Waals surface area (Å²) in [5.41, 5.74) is 0. The zero-order valence-corrected chi connectivity index (χ0v) is 11.3. The second-order valence-corrected chi connectivity index (χ2v) is 6.11. The summed E-state index contributed by atoms with van der Waals surface area (Å²) in [4.78, 5) is 27.6. The molecule has 2 heterocycles. The Morgan fingerprint density at radius 3 is 2.37 bits per heavy atom. The molecule has 106 valence electrons. The van der Waals surface area contributed by atoms with E-state index in [1.165, 1.54) is 19.3 Å². The summed E-state index contributed by atoms with van der Waals surface area (Å²) in [6.45, 7) is 3.94. The standard InChI is InChI=1S/C14H22N2O3/c17-13(11-8-12(11)14(18)19)16-7-3-4-10(9-16)15-5-1-2-6-15/h10-12H,1-9H2,(H,18,19). The molecule has 5 heteroatoms. The van der Waals surface area contributed by atoms with E-state index >= 15 is 0 Å². The Kier molecular flexibility index (Phi) is 3.48. The van der Waals surface area contributed by atoms with Gasteiger partial charge in [0.05, 0.1) is 11.8 Å². The van der Waals surface area contributed by atoms with Gasteiger partial charge in [-0.05, 0) is 45.2 Å². The molecule has 0 radical (unpaired) electrons. The van der Waals surface area contributed by atoms with Crippen LogP contribution in [0.15, 0.2) is 0 Å². The van der Waals surface area contributed by atoms with E-state index in [1.54, 1.807) is 0 Å². The first-order valence-corrected chi connectivity index (χ1v) is 7.42. The largest absolute Gasteiger partial charge is 0.481 e. The Hall–Kier alpha value is -1.10. The smallest absolute Gasteiger partial charge is 0.307 e. The summed E-state index contributed by atoms with van der Waals surface area (Å²) >= 11 is 0. The highest BCUT2D eigenvalue weighted by atomic mass is 16.4. The van der Waals surface area contributed by atoms with Gasteiger partial charge in [0.15, 0.2) is 0 Å². The average molecular weight is 266 g/mol. The van der Waals surface area contributed by atoms with Crippen molar-refractivity contribution in [1.82, 2.24) is 9.80 Å². The van der Waals surface area contributed by atoms with Crippen LogP contribution in [0.4, 0.5) is 0 Å². The number of piperidine rings is 1. The van der Waals surface area contributed by atoms with Crippen molar-refractivity contribution in [2.24, 2.45) is 11.8 Å². The maximum atomic E-state index is 12.3. The third kappa shape index (κ3) is 2.61. The van der Waals surface area contributed by atoms with Gasteiger partial charge in [-0.2, -0.15) is 0 Å². The molecule has 1 aliphatic carbocycles. The van der Waals surface area contributed by atoms with E-state index in [4.69, 9.17) is 5.11 Å². The van der Waals surface area contributed by atoms with Crippen LogP contribution in [0.1, 0.15) is 32.1 Å². The lowest BCUT2D eigenvalue weighted by atomic mass is 10.0. The van der Waals surface area contributed by atoms with Gasteiger partial charge in [0.2, 0.25) is 5.91 Å². The highest BCUT2D eigenvalue weighted by molar-refractivity contribution is 5.89. The molecule has 1 amide bonds. The SMILES string of the molecule is O=C(O)C1CC1C(=O)N1CCCC(N2CCCC2)C1. The number of rotatable bonds is 3. The lowest BCUT2D eigenvalue weighted by Crippen LogP contribution is -2.49. The molecule has 3 fully saturated rings. The molecule has 3 unspecified atom stereocenters. The topological polar surface area (TPSA) is 60.9 Å². The molecule has 3 rings (SSSR count). The van der Waals surface area contributed by atoms with Crippen molar-refractivity contribution in [3.63, 3.8) is 0 Å². The van der Waals surface area contributed by atoms with Gasteiger partial charge in [0, 0.05) is 19.1 Å². The van der Waals surface area contributed by atoms with Gasteiger partial charge < -0.3 is 10.0 Å². The van der Waals surface area contributed by atoms with Gasteiger partial charge in [-0.15, -0.1) is 0 Å². The highest BCUT2D eigenvalue weighted by Gasteiger charge is 2.50. The van der Waals surface area contributed by atoms with E-state index < -0.39 is 11.9 Å². The second-order valence-electron chi connectivity index (χ2n) is 6.11. The number of carbonyl (C=O) groups is 2. The monoisotopic (exact) mass is 266 g/mol. The van der Waals surface area contributed by atoms with Crippen LogP contribution in [0.3, 0.4) is 0 Å². The van der Waals surface area contributed by atoms with Gasteiger partial charge in [-0.1, -0.05) is 0 Å². The predicted octanol–water partition coefficient (Wildman–Crippen LogP) is 0.794. The molecule has 2 aliphatic heterocycles. The number of hydrogen-bond donors (Lipinski definition) is 1. The van der Waals surface area contributed by atoms with Crippen molar-refractivity contribution < 1.29 is 14.7 Å². The van der Waals surface area contributed by atoms with Crippen LogP contribution in [-0.2, 0) is 9.59 Å². The van der Waals surface area contributed by atoms with Gasteiger partial charge in [-0.3, -0.25) is 14.5 Å². The minimum Gasteiger partial charge on any atom is -0.481 e. The van der Waals surface area contributed by atoms with Gasteiger partial charge in [-0.25, -0.2) is 0 Å². The molecule has 3 atom stereocenters. The van der Waals surface area contributed by atoms with Crippen LogP contribution >= 0.6 is 0 Å². The van der Waals surface area contributed by atoms with Crippen LogP contribution in [0.25, 0.3) is 0 Å². The number of hydrogen-bond acceptors (Lipinski definition) is 3. The van der Waals surface area contributed by atoms with Crippen LogP contribution in [0.5, 0.6) is 0 Å². The van der Waals surface area contributed by atoms with Crippen LogP contribution in [0, 0.1) is 11.8 Å². The molecular weight excluding hydrogens is 244 g/mol. The van der Waals surface area contributed by atoms with E-state index in [-0.39, 0.29) is 11.8 Å². The lowest BCUT2D eigenvalue weighted by molar-refractivity contribution is -0.142. The first kappa shape index (κ1) is 12.9. The molecule has 0 aromatic rings. The fourth-order valence-electron chi connectivity index (χ4n) is 3.54. The van der Waals surface area contributed by atoms with E-state index in [1.807, 2.05) is 4.90 Å². The van der Waals surface area contributed by atoms with E-state index in [0.29, 0.717) is 12.5 Å². The zero-order valence-electron chi connectivity index (χ0n) is 11.3. The molecule has 1 saturated carbocycles. The number of carboxylic acids is 1. The minimum atomic E-state index is -0.813. The molecule has 19 heavy (non-hydrogen) atoms. The summed E-state index contributed by atoms with van der Waals surface area (Å²) in [5.74, 6) is -1.39. The second kappa shape index (κ2) is 5.12. The maximum absolute atomic E-state index is 12.3. The normalized spacial score (nSPS) is 35.4. The van der Waals surface area contributed by atoms with Crippen molar-refractivity contribution >= 4 is 11.9 Å². The summed E-state index contributed by atoms with van der Waals surface area (Å²) in [6, 6.07) is 0.502. The van der Waals surface area contributed by atoms with Crippen molar-refractivity contribution in [3.05, 3.63) is 0 Å². The van der Waals surface area contributed by atoms with E-state index in [9.17, 15) is 9.59 Å². The first-order chi connectivity index (χ1) is 9.16. The number of carbonyl (C=O) groups excluding carboxylic acids is 1. The minimum absolute atomic E-state index is 0.0799.